The fraction of sp³-hybridized carbons (Fsp3) is 0.750. The van der Waals surface area contributed by atoms with Crippen LogP contribution in [0.2, 0.25) is 0 Å². The number of nitrogens with one attached hydrogen (secondary N) is 1. The first-order valence-electron chi connectivity index (χ1n) is 4.40. The first-order chi connectivity index (χ1) is 5.77. The van der Waals surface area contributed by atoms with Crippen LogP contribution in [0.3, 0.4) is 0 Å². The molecule has 1 saturated heterocycles. The van der Waals surface area contributed by atoms with E-state index in [0.717, 1.165) is 38.5 Å². The number of piperazine rings is 1. The summed E-state index contributed by atoms with van der Waals surface area (Å²) in [7, 11) is 0. The van der Waals surface area contributed by atoms with E-state index < -0.39 is 0 Å². The van der Waals surface area contributed by atoms with Gasteiger partial charge in [0.15, 0.2) is 0 Å². The van der Waals surface area contributed by atoms with Crippen molar-refractivity contribution in [3.05, 3.63) is 12.4 Å². The molecule has 4 nitrogen and oxygen atoms in total. The number of nitrogens with zero attached hydrogens (tertiary/aromatic N) is 2. The fourth-order valence-corrected chi connectivity index (χ4v) is 1.43. The summed E-state index contributed by atoms with van der Waals surface area (Å²) >= 11 is 0. The zero-order valence-electron chi connectivity index (χ0n) is 7.71. The largest absolute Gasteiger partial charge is 0.355 e. The Labute approximate surface area is 74.0 Å². The summed E-state index contributed by atoms with van der Waals surface area (Å²) < 4.78 is 0. The minimum atomic E-state index is 0.825. The maximum atomic E-state index is 5.27. The Morgan fingerprint density at radius 2 is 2.00 bits per heavy atom. The quantitative estimate of drug-likeness (QED) is 0.445. The van der Waals surface area contributed by atoms with Crippen molar-refractivity contribution in [1.29, 1.82) is 0 Å². The average Bonchev–Trinajstić information content (AvgIpc) is 2.17. The highest BCUT2D eigenvalue weighted by atomic mass is 15.4. The normalized spacial score (nSPS) is 19.3. The summed E-state index contributed by atoms with van der Waals surface area (Å²) in [5.41, 5.74) is 2.58. The molecule has 1 rings (SSSR count). The number of hydrazine groups is 1. The van der Waals surface area contributed by atoms with Gasteiger partial charge in [-0.1, -0.05) is 13.5 Å². The molecule has 0 saturated carbocycles. The monoisotopic (exact) mass is 170 g/mol. The van der Waals surface area contributed by atoms with Crippen molar-refractivity contribution in [1.82, 2.24) is 15.2 Å². The fourth-order valence-electron chi connectivity index (χ4n) is 1.43. The highest BCUT2D eigenvalue weighted by molar-refractivity contribution is 4.91. The highest BCUT2D eigenvalue weighted by Crippen LogP contribution is 2.04. The van der Waals surface area contributed by atoms with Gasteiger partial charge < -0.3 is 15.2 Å². The topological polar surface area (TPSA) is 44.5 Å². The lowest BCUT2D eigenvalue weighted by atomic mass is 10.3. The molecule has 0 aliphatic carbocycles. The smallest absolute Gasteiger partial charge is 0.108 e. The predicted molar refractivity (Wildman–Crippen MR) is 50.2 cm³/mol. The minimum Gasteiger partial charge on any atom is -0.355 e. The van der Waals surface area contributed by atoms with Gasteiger partial charge in [0.2, 0.25) is 0 Å². The maximum absolute atomic E-state index is 5.27. The number of rotatable bonds is 3. The van der Waals surface area contributed by atoms with Crippen molar-refractivity contribution >= 4 is 0 Å². The summed E-state index contributed by atoms with van der Waals surface area (Å²) in [6.07, 6.45) is 0. The van der Waals surface area contributed by atoms with Crippen LogP contribution in [-0.2, 0) is 0 Å². The van der Waals surface area contributed by atoms with E-state index in [1.54, 1.807) is 0 Å². The lowest BCUT2D eigenvalue weighted by Crippen LogP contribution is -2.48. The Hall–Kier alpha value is -0.740. The number of likely N-dealkylation sites (N-methyl/N-ethyl adjacent to an activating group) is 1. The third-order valence-electron chi connectivity index (χ3n) is 2.37. The van der Waals surface area contributed by atoms with Crippen LogP contribution in [0, 0.1) is 0 Å². The zero-order chi connectivity index (χ0) is 8.97. The van der Waals surface area contributed by atoms with Gasteiger partial charge in [0.25, 0.3) is 0 Å². The molecule has 0 amide bonds. The Morgan fingerprint density at radius 1 is 1.42 bits per heavy atom. The van der Waals surface area contributed by atoms with Gasteiger partial charge in [-0.3, -0.25) is 0 Å². The summed E-state index contributed by atoms with van der Waals surface area (Å²) in [5, 5.41) is 0. The van der Waals surface area contributed by atoms with Crippen LogP contribution in [0.1, 0.15) is 6.92 Å². The van der Waals surface area contributed by atoms with E-state index in [1.807, 2.05) is 0 Å². The number of hydrogen-bond acceptors (Lipinski definition) is 4. The lowest BCUT2D eigenvalue weighted by molar-refractivity contribution is 0.159. The van der Waals surface area contributed by atoms with Crippen LogP contribution in [0.15, 0.2) is 12.4 Å². The van der Waals surface area contributed by atoms with Crippen LogP contribution in [0.4, 0.5) is 0 Å². The predicted octanol–water partition coefficient (Wildman–Crippen LogP) is -0.442. The Kier molecular flexibility index (Phi) is 3.37. The van der Waals surface area contributed by atoms with Gasteiger partial charge in [0, 0.05) is 26.2 Å². The molecular formula is C8H18N4. The molecule has 0 atom stereocenters. The van der Waals surface area contributed by atoms with Gasteiger partial charge >= 0.3 is 0 Å². The van der Waals surface area contributed by atoms with Crippen molar-refractivity contribution in [3.8, 4) is 0 Å². The van der Waals surface area contributed by atoms with Crippen LogP contribution in [0.25, 0.3) is 0 Å². The summed E-state index contributed by atoms with van der Waals surface area (Å²) in [5.74, 6) is 6.09. The summed E-state index contributed by atoms with van der Waals surface area (Å²) in [6, 6.07) is 0. The molecule has 0 spiro atoms. The highest BCUT2D eigenvalue weighted by Gasteiger charge is 2.15. The molecule has 12 heavy (non-hydrogen) atoms. The Balaban J connectivity index is 2.30. The van der Waals surface area contributed by atoms with Crippen molar-refractivity contribution in [2.75, 3.05) is 32.7 Å². The molecule has 4 heteroatoms. The van der Waals surface area contributed by atoms with E-state index in [1.165, 1.54) is 0 Å². The first kappa shape index (κ1) is 9.35. The van der Waals surface area contributed by atoms with E-state index in [4.69, 9.17) is 5.84 Å². The SMILES string of the molecule is C=C(NN)N1CCN(CC)CC1. The van der Waals surface area contributed by atoms with E-state index in [2.05, 4.69) is 28.7 Å². The third-order valence-corrected chi connectivity index (χ3v) is 2.37. The molecule has 3 N–H and O–H groups in total. The third kappa shape index (κ3) is 2.12. The average molecular weight is 170 g/mol. The molecule has 1 heterocycles. The molecule has 1 aliphatic heterocycles. The van der Waals surface area contributed by atoms with Crippen LogP contribution < -0.4 is 11.3 Å². The molecular weight excluding hydrogens is 152 g/mol. The second-order valence-electron chi connectivity index (χ2n) is 3.01. The van der Waals surface area contributed by atoms with Crippen molar-refractivity contribution in [2.24, 2.45) is 5.84 Å². The van der Waals surface area contributed by atoms with Crippen LogP contribution in [-0.4, -0.2) is 42.5 Å². The van der Waals surface area contributed by atoms with Crippen LogP contribution >= 0.6 is 0 Å². The molecule has 1 fully saturated rings. The second-order valence-corrected chi connectivity index (χ2v) is 3.01. The van der Waals surface area contributed by atoms with Gasteiger partial charge in [-0.25, -0.2) is 5.84 Å². The Bertz CT molecular complexity index is 149. The summed E-state index contributed by atoms with van der Waals surface area (Å²) in [6.45, 7) is 11.4. The maximum Gasteiger partial charge on any atom is 0.108 e. The van der Waals surface area contributed by atoms with Crippen molar-refractivity contribution in [3.63, 3.8) is 0 Å². The molecule has 0 aromatic heterocycles. The Morgan fingerprint density at radius 3 is 2.42 bits per heavy atom. The van der Waals surface area contributed by atoms with Crippen molar-refractivity contribution in [2.45, 2.75) is 6.92 Å². The zero-order valence-corrected chi connectivity index (χ0v) is 7.71. The van der Waals surface area contributed by atoms with Gasteiger partial charge in [-0.2, -0.15) is 0 Å². The van der Waals surface area contributed by atoms with Crippen LogP contribution in [0.5, 0.6) is 0 Å². The van der Waals surface area contributed by atoms with E-state index >= 15 is 0 Å². The number of hydrogen-bond donors (Lipinski definition) is 2. The van der Waals surface area contributed by atoms with E-state index in [9.17, 15) is 0 Å². The molecule has 0 bridgehead atoms. The van der Waals surface area contributed by atoms with Gasteiger partial charge in [0.1, 0.15) is 5.82 Å². The minimum absolute atomic E-state index is 0.825. The standard InChI is InChI=1S/C8H18N4/c1-3-11-4-6-12(7-5-11)8(2)10-9/h10H,2-7,9H2,1H3. The molecule has 1 aliphatic rings. The van der Waals surface area contributed by atoms with E-state index in [-0.39, 0.29) is 0 Å². The second kappa shape index (κ2) is 4.33. The lowest BCUT2D eigenvalue weighted by Gasteiger charge is -2.35. The van der Waals surface area contributed by atoms with Crippen molar-refractivity contribution < 1.29 is 0 Å². The van der Waals surface area contributed by atoms with E-state index in [0.29, 0.717) is 0 Å². The molecule has 0 radical (unpaired) electrons. The molecule has 0 aromatic carbocycles. The van der Waals surface area contributed by atoms with Gasteiger partial charge in [-0.05, 0) is 6.54 Å². The molecule has 0 unspecified atom stereocenters. The number of nitrogens with two attached hydrogens (primary N) is 1. The van der Waals surface area contributed by atoms with Gasteiger partial charge in [0.05, 0.1) is 0 Å². The molecule has 0 aromatic rings. The van der Waals surface area contributed by atoms with Gasteiger partial charge in [-0.15, -0.1) is 0 Å². The first-order valence-corrected chi connectivity index (χ1v) is 4.40. The molecule has 70 valence electrons. The summed E-state index contributed by atoms with van der Waals surface area (Å²) in [4.78, 5) is 4.59.